The van der Waals surface area contributed by atoms with Gasteiger partial charge in [-0.2, -0.15) is 0 Å². The van der Waals surface area contributed by atoms with E-state index in [4.69, 9.17) is 10.5 Å². The molecule has 0 bridgehead atoms. The lowest BCUT2D eigenvalue weighted by molar-refractivity contribution is 0.0453. The molecule has 17 heavy (non-hydrogen) atoms. The van der Waals surface area contributed by atoms with E-state index in [2.05, 4.69) is 25.8 Å². The predicted molar refractivity (Wildman–Crippen MR) is 73.1 cm³/mol. The van der Waals surface area contributed by atoms with Crippen molar-refractivity contribution in [2.45, 2.75) is 51.6 Å². The highest BCUT2D eigenvalue weighted by molar-refractivity contribution is 4.86. The van der Waals surface area contributed by atoms with Gasteiger partial charge in [-0.1, -0.05) is 26.7 Å². The lowest BCUT2D eigenvalue weighted by Crippen LogP contribution is -2.51. The number of methoxy groups -OCH3 is 1. The fourth-order valence-corrected chi connectivity index (χ4v) is 3.32. The van der Waals surface area contributed by atoms with Gasteiger partial charge < -0.3 is 10.5 Å². The van der Waals surface area contributed by atoms with Crippen LogP contribution in [0.2, 0.25) is 0 Å². The number of hydrogen-bond donors (Lipinski definition) is 1. The lowest BCUT2D eigenvalue weighted by atomic mass is 9.83. The Bertz CT molecular complexity index is 210. The molecular weight excluding hydrogens is 212 g/mol. The molecule has 0 heterocycles. The second-order valence-corrected chi connectivity index (χ2v) is 5.73. The van der Waals surface area contributed by atoms with Gasteiger partial charge in [0.1, 0.15) is 0 Å². The average Bonchev–Trinajstić information content (AvgIpc) is 2.30. The van der Waals surface area contributed by atoms with Crippen LogP contribution in [0.1, 0.15) is 39.5 Å². The molecule has 2 N–H and O–H groups in total. The van der Waals surface area contributed by atoms with Crippen LogP contribution in [-0.4, -0.2) is 44.3 Å². The van der Waals surface area contributed by atoms with Crippen LogP contribution in [0, 0.1) is 11.8 Å². The lowest BCUT2D eigenvalue weighted by Gasteiger charge is -2.42. The fraction of sp³-hybridized carbons (Fsp3) is 1.00. The van der Waals surface area contributed by atoms with Crippen LogP contribution in [0.3, 0.4) is 0 Å². The number of rotatable bonds is 6. The van der Waals surface area contributed by atoms with Gasteiger partial charge in [-0.15, -0.1) is 0 Å². The largest absolute Gasteiger partial charge is 0.384 e. The van der Waals surface area contributed by atoms with Crippen LogP contribution >= 0.6 is 0 Å². The summed E-state index contributed by atoms with van der Waals surface area (Å²) in [5.74, 6) is 1.31. The van der Waals surface area contributed by atoms with Gasteiger partial charge in [-0.25, -0.2) is 0 Å². The van der Waals surface area contributed by atoms with Crippen LogP contribution in [0.15, 0.2) is 0 Å². The van der Waals surface area contributed by atoms with E-state index in [1.165, 1.54) is 25.7 Å². The average molecular weight is 242 g/mol. The van der Waals surface area contributed by atoms with E-state index in [9.17, 15) is 0 Å². The van der Waals surface area contributed by atoms with Crippen molar-refractivity contribution >= 4 is 0 Å². The quantitative estimate of drug-likeness (QED) is 0.775. The third-order valence-corrected chi connectivity index (χ3v) is 4.44. The number of ether oxygens (including phenoxy) is 1. The number of likely N-dealkylation sites (N-methyl/N-ethyl adjacent to an activating group) is 1. The van der Waals surface area contributed by atoms with Gasteiger partial charge in [-0.3, -0.25) is 4.90 Å². The van der Waals surface area contributed by atoms with Gasteiger partial charge in [0.2, 0.25) is 0 Å². The molecule has 1 saturated carbocycles. The monoisotopic (exact) mass is 242 g/mol. The normalized spacial score (nSPS) is 29.3. The minimum absolute atomic E-state index is 0.445. The molecule has 3 nitrogen and oxygen atoms in total. The Kier molecular flexibility index (Phi) is 6.45. The number of nitrogens with zero attached hydrogens (tertiary/aromatic N) is 1. The van der Waals surface area contributed by atoms with Crippen LogP contribution in [0.5, 0.6) is 0 Å². The summed E-state index contributed by atoms with van der Waals surface area (Å²) in [5, 5.41) is 0. The van der Waals surface area contributed by atoms with Gasteiger partial charge in [0.25, 0.3) is 0 Å². The minimum atomic E-state index is 0.445. The van der Waals surface area contributed by atoms with Crippen molar-refractivity contribution in [2.75, 3.05) is 27.3 Å². The first-order valence-electron chi connectivity index (χ1n) is 7.02. The van der Waals surface area contributed by atoms with E-state index in [-0.39, 0.29) is 0 Å². The third-order valence-electron chi connectivity index (χ3n) is 4.44. The maximum absolute atomic E-state index is 5.96. The van der Waals surface area contributed by atoms with Crippen molar-refractivity contribution in [1.29, 1.82) is 0 Å². The highest BCUT2D eigenvalue weighted by Gasteiger charge is 2.31. The van der Waals surface area contributed by atoms with Crippen molar-refractivity contribution in [2.24, 2.45) is 17.6 Å². The zero-order valence-electron chi connectivity index (χ0n) is 12.0. The molecule has 0 aromatic rings. The molecule has 0 amide bonds. The Balaban J connectivity index is 2.60. The summed E-state index contributed by atoms with van der Waals surface area (Å²) >= 11 is 0. The predicted octanol–water partition coefficient (Wildman–Crippen LogP) is 2.11. The molecule has 0 radical (unpaired) electrons. The van der Waals surface area contributed by atoms with Crippen molar-refractivity contribution in [3.8, 4) is 0 Å². The summed E-state index contributed by atoms with van der Waals surface area (Å²) in [6, 6.07) is 1.15. The summed E-state index contributed by atoms with van der Waals surface area (Å²) in [5.41, 5.74) is 5.96. The third kappa shape index (κ3) is 3.94. The topological polar surface area (TPSA) is 38.5 Å². The van der Waals surface area contributed by atoms with E-state index in [0.717, 1.165) is 19.1 Å². The maximum atomic E-state index is 5.96. The molecule has 0 aromatic carbocycles. The zero-order valence-corrected chi connectivity index (χ0v) is 12.0. The Hall–Kier alpha value is -0.120. The summed E-state index contributed by atoms with van der Waals surface area (Å²) < 4.78 is 5.27. The fourth-order valence-electron chi connectivity index (χ4n) is 3.32. The summed E-state index contributed by atoms with van der Waals surface area (Å²) in [6.07, 6.45) is 5.46. The van der Waals surface area contributed by atoms with Gasteiger partial charge in [0.05, 0.1) is 6.61 Å². The molecule has 1 rings (SSSR count). The molecule has 102 valence electrons. The Morgan fingerprint density at radius 3 is 2.53 bits per heavy atom. The molecule has 0 aliphatic heterocycles. The smallest absolute Gasteiger partial charge is 0.0503 e. The second kappa shape index (κ2) is 7.34. The molecule has 3 heteroatoms. The first-order chi connectivity index (χ1) is 8.11. The van der Waals surface area contributed by atoms with E-state index in [0.29, 0.717) is 18.0 Å². The number of nitrogens with two attached hydrogens (primary N) is 1. The van der Waals surface area contributed by atoms with E-state index < -0.39 is 0 Å². The van der Waals surface area contributed by atoms with Crippen molar-refractivity contribution in [1.82, 2.24) is 4.90 Å². The molecule has 4 unspecified atom stereocenters. The van der Waals surface area contributed by atoms with Crippen LogP contribution in [-0.2, 0) is 4.74 Å². The Labute approximate surface area is 107 Å². The number of hydrogen-bond acceptors (Lipinski definition) is 3. The van der Waals surface area contributed by atoms with Gasteiger partial charge in [0, 0.05) is 25.7 Å². The highest BCUT2D eigenvalue weighted by Crippen LogP contribution is 2.29. The SMILES string of the molecule is COCC(C)C(CN)N(C)C1CCCCC1C. The molecule has 1 fully saturated rings. The standard InChI is InChI=1S/C14H30N2O/c1-11-7-5-6-8-13(11)16(3)14(9-15)12(2)10-17-4/h11-14H,5-10,15H2,1-4H3. The first-order valence-corrected chi connectivity index (χ1v) is 7.02. The van der Waals surface area contributed by atoms with Crippen LogP contribution in [0.25, 0.3) is 0 Å². The van der Waals surface area contributed by atoms with E-state index in [1.54, 1.807) is 7.11 Å². The van der Waals surface area contributed by atoms with E-state index in [1.807, 2.05) is 0 Å². The molecule has 0 aromatic heterocycles. The first kappa shape index (κ1) is 14.9. The summed E-state index contributed by atoms with van der Waals surface area (Å²) in [6.45, 7) is 6.15. The summed E-state index contributed by atoms with van der Waals surface area (Å²) in [7, 11) is 4.02. The van der Waals surface area contributed by atoms with Gasteiger partial charge in [0.15, 0.2) is 0 Å². The van der Waals surface area contributed by atoms with Gasteiger partial charge >= 0.3 is 0 Å². The summed E-state index contributed by atoms with van der Waals surface area (Å²) in [4.78, 5) is 2.52. The highest BCUT2D eigenvalue weighted by atomic mass is 16.5. The van der Waals surface area contributed by atoms with Gasteiger partial charge in [-0.05, 0) is 31.7 Å². The zero-order chi connectivity index (χ0) is 12.8. The van der Waals surface area contributed by atoms with Crippen LogP contribution < -0.4 is 5.73 Å². The van der Waals surface area contributed by atoms with Crippen LogP contribution in [0.4, 0.5) is 0 Å². The second-order valence-electron chi connectivity index (χ2n) is 5.73. The molecular formula is C14H30N2O. The van der Waals surface area contributed by atoms with Crippen molar-refractivity contribution < 1.29 is 4.74 Å². The minimum Gasteiger partial charge on any atom is -0.384 e. The Morgan fingerprint density at radius 1 is 1.35 bits per heavy atom. The van der Waals surface area contributed by atoms with Crippen molar-refractivity contribution in [3.05, 3.63) is 0 Å². The molecule has 0 saturated heterocycles. The molecule has 1 aliphatic carbocycles. The van der Waals surface area contributed by atoms with Crippen molar-refractivity contribution in [3.63, 3.8) is 0 Å². The molecule has 0 spiro atoms. The van der Waals surface area contributed by atoms with E-state index >= 15 is 0 Å². The maximum Gasteiger partial charge on any atom is 0.0503 e. The Morgan fingerprint density at radius 2 is 2.00 bits per heavy atom. The molecule has 1 aliphatic rings. The molecule has 4 atom stereocenters.